The van der Waals surface area contributed by atoms with Crippen molar-refractivity contribution in [3.8, 4) is 22.8 Å². The molecular weight excluding hydrogens is 390 g/mol. The molecule has 0 aliphatic rings. The molecule has 1 amide bonds. The summed E-state index contributed by atoms with van der Waals surface area (Å²) in [5, 5.41) is 4.89. The topological polar surface area (TPSA) is 72.8 Å². The van der Waals surface area contributed by atoms with Crippen molar-refractivity contribution >= 4 is 23.0 Å². The Labute approximate surface area is 180 Å². The lowest BCUT2D eigenvalue weighted by Gasteiger charge is -2.09. The Morgan fingerprint density at radius 1 is 0.935 bits per heavy atom. The van der Waals surface area contributed by atoms with Gasteiger partial charge >= 0.3 is 0 Å². The number of hydrogen-bond acceptors (Lipinski definition) is 5. The van der Waals surface area contributed by atoms with Crippen molar-refractivity contribution in [3.63, 3.8) is 0 Å². The summed E-state index contributed by atoms with van der Waals surface area (Å²) in [4.78, 5) is 17.7. The number of ether oxygens (including phenoxy) is 2. The third-order valence-corrected chi connectivity index (χ3v) is 4.84. The van der Waals surface area contributed by atoms with Crippen LogP contribution >= 0.6 is 0 Å². The number of methoxy groups -OCH3 is 2. The predicted octanol–water partition coefficient (Wildman–Crippen LogP) is 4.68. The molecular formula is C25H21N3O3. The SMILES string of the molecule is COc1ccc(/C=N\NC(=O)c2cc(-c3ccccc3)nc3ccccc23)c(OC)c1. The smallest absolute Gasteiger partial charge is 0.272 e. The van der Waals surface area contributed by atoms with E-state index < -0.39 is 0 Å². The van der Waals surface area contributed by atoms with Crippen LogP contribution in [0.4, 0.5) is 0 Å². The van der Waals surface area contributed by atoms with Crippen LogP contribution in [0.2, 0.25) is 0 Å². The maximum Gasteiger partial charge on any atom is 0.272 e. The fourth-order valence-electron chi connectivity index (χ4n) is 3.27. The van der Waals surface area contributed by atoms with Crippen LogP contribution in [0.1, 0.15) is 15.9 Å². The Morgan fingerprint density at radius 3 is 2.48 bits per heavy atom. The van der Waals surface area contributed by atoms with Gasteiger partial charge in [0, 0.05) is 22.6 Å². The number of para-hydroxylation sites is 1. The number of hydrogen-bond donors (Lipinski definition) is 1. The second-order valence-corrected chi connectivity index (χ2v) is 6.75. The van der Waals surface area contributed by atoms with Crippen LogP contribution in [0.25, 0.3) is 22.2 Å². The van der Waals surface area contributed by atoms with Gasteiger partial charge < -0.3 is 9.47 Å². The van der Waals surface area contributed by atoms with Crippen molar-refractivity contribution in [2.24, 2.45) is 5.10 Å². The normalized spacial score (nSPS) is 10.9. The van der Waals surface area contributed by atoms with E-state index in [0.717, 1.165) is 22.2 Å². The number of carbonyl (C=O) groups is 1. The first-order valence-corrected chi connectivity index (χ1v) is 9.70. The van der Waals surface area contributed by atoms with Crippen LogP contribution in [0, 0.1) is 0 Å². The number of amides is 1. The molecule has 0 fully saturated rings. The minimum absolute atomic E-state index is 0.320. The van der Waals surface area contributed by atoms with E-state index in [1.54, 1.807) is 32.4 Å². The van der Waals surface area contributed by atoms with Crippen LogP contribution in [0.5, 0.6) is 11.5 Å². The molecule has 0 unspecified atom stereocenters. The van der Waals surface area contributed by atoms with Crippen molar-refractivity contribution in [1.29, 1.82) is 0 Å². The van der Waals surface area contributed by atoms with E-state index in [1.807, 2.05) is 60.7 Å². The van der Waals surface area contributed by atoms with Gasteiger partial charge in [-0.3, -0.25) is 4.79 Å². The van der Waals surface area contributed by atoms with Gasteiger partial charge in [0.2, 0.25) is 0 Å². The van der Waals surface area contributed by atoms with Gasteiger partial charge in [-0.05, 0) is 24.3 Å². The number of nitrogens with one attached hydrogen (secondary N) is 1. The molecule has 0 saturated heterocycles. The Hall–Kier alpha value is -4.19. The van der Waals surface area contributed by atoms with Crippen molar-refractivity contribution in [2.75, 3.05) is 14.2 Å². The van der Waals surface area contributed by atoms with Crippen LogP contribution in [-0.4, -0.2) is 31.3 Å². The molecule has 0 aliphatic heterocycles. The molecule has 31 heavy (non-hydrogen) atoms. The summed E-state index contributed by atoms with van der Waals surface area (Å²) in [7, 11) is 3.16. The zero-order valence-corrected chi connectivity index (χ0v) is 17.2. The molecule has 0 bridgehead atoms. The Kier molecular flexibility index (Phi) is 5.89. The monoisotopic (exact) mass is 411 g/mol. The third-order valence-electron chi connectivity index (χ3n) is 4.84. The minimum atomic E-state index is -0.320. The number of nitrogens with zero attached hydrogens (tertiary/aromatic N) is 2. The first-order chi connectivity index (χ1) is 15.2. The Morgan fingerprint density at radius 2 is 1.71 bits per heavy atom. The second-order valence-electron chi connectivity index (χ2n) is 6.75. The number of carbonyl (C=O) groups excluding carboxylic acids is 1. The van der Waals surface area contributed by atoms with Crippen molar-refractivity contribution in [1.82, 2.24) is 10.4 Å². The maximum absolute atomic E-state index is 13.0. The quantitative estimate of drug-likeness (QED) is 0.369. The van der Waals surface area contributed by atoms with Crippen molar-refractivity contribution < 1.29 is 14.3 Å². The molecule has 1 aromatic heterocycles. The average Bonchev–Trinajstić information content (AvgIpc) is 2.83. The Bertz CT molecular complexity index is 1250. The highest BCUT2D eigenvalue weighted by atomic mass is 16.5. The zero-order chi connectivity index (χ0) is 21.6. The van der Waals surface area contributed by atoms with Gasteiger partial charge in [-0.2, -0.15) is 5.10 Å². The van der Waals surface area contributed by atoms with E-state index in [9.17, 15) is 4.79 Å². The fraction of sp³-hybridized carbons (Fsp3) is 0.0800. The predicted molar refractivity (Wildman–Crippen MR) is 122 cm³/mol. The van der Waals surface area contributed by atoms with E-state index >= 15 is 0 Å². The molecule has 0 radical (unpaired) electrons. The molecule has 0 spiro atoms. The summed E-state index contributed by atoms with van der Waals surface area (Å²) in [6.07, 6.45) is 1.54. The molecule has 4 rings (SSSR count). The molecule has 0 atom stereocenters. The first kappa shape index (κ1) is 20.1. The van der Waals surface area contributed by atoms with Crippen molar-refractivity contribution in [3.05, 3.63) is 90.0 Å². The molecule has 3 aromatic carbocycles. The van der Waals surface area contributed by atoms with Crippen LogP contribution in [0.15, 0.2) is 84.0 Å². The lowest BCUT2D eigenvalue weighted by atomic mass is 10.0. The number of rotatable bonds is 6. The molecule has 6 heteroatoms. The highest BCUT2D eigenvalue weighted by molar-refractivity contribution is 6.07. The Balaban J connectivity index is 1.64. The number of pyridine rings is 1. The summed E-state index contributed by atoms with van der Waals surface area (Å²) in [5.41, 5.74) is 6.24. The number of benzene rings is 3. The van der Waals surface area contributed by atoms with E-state index in [2.05, 4.69) is 10.5 Å². The lowest BCUT2D eigenvalue weighted by molar-refractivity contribution is 0.0956. The lowest BCUT2D eigenvalue weighted by Crippen LogP contribution is -2.18. The van der Waals surface area contributed by atoms with Gasteiger partial charge in [-0.15, -0.1) is 0 Å². The molecule has 4 aromatic rings. The molecule has 1 heterocycles. The molecule has 6 nitrogen and oxygen atoms in total. The van der Waals surface area contributed by atoms with Crippen LogP contribution in [0.3, 0.4) is 0 Å². The molecule has 1 N–H and O–H groups in total. The van der Waals surface area contributed by atoms with Gasteiger partial charge in [-0.25, -0.2) is 10.4 Å². The number of hydrazone groups is 1. The second kappa shape index (κ2) is 9.09. The average molecular weight is 411 g/mol. The summed E-state index contributed by atoms with van der Waals surface area (Å²) in [6, 6.07) is 24.5. The highest BCUT2D eigenvalue weighted by Gasteiger charge is 2.13. The summed E-state index contributed by atoms with van der Waals surface area (Å²) in [6.45, 7) is 0. The first-order valence-electron chi connectivity index (χ1n) is 9.70. The van der Waals surface area contributed by atoms with Crippen molar-refractivity contribution in [2.45, 2.75) is 0 Å². The third kappa shape index (κ3) is 4.38. The summed E-state index contributed by atoms with van der Waals surface area (Å²) < 4.78 is 10.6. The fourth-order valence-corrected chi connectivity index (χ4v) is 3.27. The number of fused-ring (bicyclic) bond motifs is 1. The molecule has 0 aliphatic carbocycles. The van der Waals surface area contributed by atoms with Crippen LogP contribution in [-0.2, 0) is 0 Å². The zero-order valence-electron chi connectivity index (χ0n) is 17.2. The van der Waals surface area contributed by atoms with Gasteiger partial charge in [-0.1, -0.05) is 48.5 Å². The van der Waals surface area contributed by atoms with E-state index in [1.165, 1.54) is 6.21 Å². The highest BCUT2D eigenvalue weighted by Crippen LogP contribution is 2.25. The minimum Gasteiger partial charge on any atom is -0.497 e. The number of aromatic nitrogens is 1. The summed E-state index contributed by atoms with van der Waals surface area (Å²) >= 11 is 0. The van der Waals surface area contributed by atoms with E-state index in [4.69, 9.17) is 14.5 Å². The van der Waals surface area contributed by atoms with Gasteiger partial charge in [0.15, 0.2) is 0 Å². The van der Waals surface area contributed by atoms with E-state index in [0.29, 0.717) is 22.6 Å². The van der Waals surface area contributed by atoms with Crippen LogP contribution < -0.4 is 14.9 Å². The van der Waals surface area contributed by atoms with Gasteiger partial charge in [0.05, 0.1) is 37.2 Å². The summed E-state index contributed by atoms with van der Waals surface area (Å²) in [5.74, 6) is 0.951. The van der Waals surface area contributed by atoms with Gasteiger partial charge in [0.1, 0.15) is 11.5 Å². The largest absolute Gasteiger partial charge is 0.497 e. The van der Waals surface area contributed by atoms with Gasteiger partial charge in [0.25, 0.3) is 5.91 Å². The molecule has 154 valence electrons. The maximum atomic E-state index is 13.0. The molecule has 0 saturated carbocycles. The standard InChI is InChI=1S/C25H21N3O3/c1-30-19-13-12-18(24(14-19)31-2)16-26-28-25(29)21-15-23(17-8-4-3-5-9-17)27-22-11-7-6-10-20(21)22/h3-16H,1-2H3,(H,28,29)/b26-16-. The van der Waals surface area contributed by atoms with E-state index in [-0.39, 0.29) is 5.91 Å².